The summed E-state index contributed by atoms with van der Waals surface area (Å²) in [7, 11) is 1.37. The third kappa shape index (κ3) is 4.67. The van der Waals surface area contributed by atoms with E-state index in [0.717, 1.165) is 54.3 Å². The molecule has 4 aromatic rings. The van der Waals surface area contributed by atoms with Gasteiger partial charge in [0.05, 0.1) is 18.2 Å². The predicted octanol–water partition coefficient (Wildman–Crippen LogP) is 6.36. The molecule has 0 spiro atoms. The van der Waals surface area contributed by atoms with E-state index in [2.05, 4.69) is 15.3 Å². The molecule has 0 unspecified atom stereocenters. The Hall–Kier alpha value is -3.81. The zero-order valence-corrected chi connectivity index (χ0v) is 19.8. The van der Waals surface area contributed by atoms with Crippen molar-refractivity contribution in [2.24, 2.45) is 5.92 Å². The SMILES string of the molecule is COc1cc(F)c(F)cc1-c1c[nH]cc1C(=O)NCC1CCC(c2ccnc3ccc(F)cc23)CC1. The Bertz CT molecular complexity index is 1410. The molecular weight excluding hydrogens is 467 g/mol. The van der Waals surface area contributed by atoms with Gasteiger partial charge in [0.1, 0.15) is 11.6 Å². The second-order valence-corrected chi connectivity index (χ2v) is 9.24. The van der Waals surface area contributed by atoms with Crippen LogP contribution in [0.4, 0.5) is 13.2 Å². The highest BCUT2D eigenvalue weighted by Gasteiger charge is 2.25. The number of rotatable bonds is 6. The van der Waals surface area contributed by atoms with Crippen molar-refractivity contribution in [2.75, 3.05) is 13.7 Å². The van der Waals surface area contributed by atoms with Crippen molar-refractivity contribution in [2.45, 2.75) is 31.6 Å². The second-order valence-electron chi connectivity index (χ2n) is 9.24. The lowest BCUT2D eigenvalue weighted by Gasteiger charge is -2.29. The molecule has 0 saturated heterocycles. The Balaban J connectivity index is 1.23. The summed E-state index contributed by atoms with van der Waals surface area (Å²) in [6, 6.07) is 8.68. The number of aromatic amines is 1. The van der Waals surface area contributed by atoms with Gasteiger partial charge < -0.3 is 15.0 Å². The van der Waals surface area contributed by atoms with Gasteiger partial charge in [0.15, 0.2) is 11.6 Å². The van der Waals surface area contributed by atoms with E-state index in [1.807, 2.05) is 6.07 Å². The minimum Gasteiger partial charge on any atom is -0.496 e. The molecule has 0 aliphatic heterocycles. The van der Waals surface area contributed by atoms with Crippen LogP contribution in [-0.2, 0) is 0 Å². The van der Waals surface area contributed by atoms with Crippen LogP contribution < -0.4 is 10.1 Å². The van der Waals surface area contributed by atoms with Gasteiger partial charge in [-0.05, 0) is 73.4 Å². The Morgan fingerprint density at radius 1 is 1.03 bits per heavy atom. The molecule has 2 aromatic heterocycles. The molecule has 0 bridgehead atoms. The Kier molecular flexibility index (Phi) is 6.67. The average Bonchev–Trinajstić information content (AvgIpc) is 3.38. The number of nitrogens with one attached hydrogen (secondary N) is 2. The summed E-state index contributed by atoms with van der Waals surface area (Å²) in [5.74, 6) is -1.81. The van der Waals surface area contributed by atoms with Crippen LogP contribution in [0.1, 0.15) is 47.5 Å². The molecule has 5 nitrogen and oxygen atoms in total. The summed E-state index contributed by atoms with van der Waals surface area (Å²) in [6.45, 7) is 0.511. The number of aromatic nitrogens is 2. The maximum atomic E-state index is 13.9. The maximum absolute atomic E-state index is 13.9. The highest BCUT2D eigenvalue weighted by Crippen LogP contribution is 2.38. The third-order valence-electron chi connectivity index (χ3n) is 7.10. The zero-order valence-electron chi connectivity index (χ0n) is 19.8. The van der Waals surface area contributed by atoms with Gasteiger partial charge in [-0.3, -0.25) is 9.78 Å². The fourth-order valence-corrected chi connectivity index (χ4v) is 5.19. The molecule has 1 aliphatic carbocycles. The van der Waals surface area contributed by atoms with E-state index in [1.165, 1.54) is 19.4 Å². The van der Waals surface area contributed by atoms with Crippen LogP contribution in [0, 0.1) is 23.4 Å². The summed E-state index contributed by atoms with van der Waals surface area (Å²) >= 11 is 0. The minimum atomic E-state index is -1.02. The number of hydrogen-bond donors (Lipinski definition) is 2. The number of carbonyl (C=O) groups is 1. The van der Waals surface area contributed by atoms with Crippen LogP contribution in [0.25, 0.3) is 22.0 Å². The normalized spacial score (nSPS) is 17.8. The number of H-pyrrole nitrogens is 1. The van der Waals surface area contributed by atoms with Gasteiger partial charge in [-0.1, -0.05) is 0 Å². The summed E-state index contributed by atoms with van der Waals surface area (Å²) in [5.41, 5.74) is 2.98. The minimum absolute atomic E-state index is 0.143. The average molecular weight is 494 g/mol. The highest BCUT2D eigenvalue weighted by atomic mass is 19.2. The third-order valence-corrected chi connectivity index (χ3v) is 7.10. The van der Waals surface area contributed by atoms with E-state index in [9.17, 15) is 18.0 Å². The maximum Gasteiger partial charge on any atom is 0.253 e. The largest absolute Gasteiger partial charge is 0.496 e. The smallest absolute Gasteiger partial charge is 0.253 e. The van der Waals surface area contributed by atoms with Crippen molar-refractivity contribution in [1.29, 1.82) is 0 Å². The lowest BCUT2D eigenvalue weighted by Crippen LogP contribution is -2.31. The number of pyridine rings is 1. The van der Waals surface area contributed by atoms with Gasteiger partial charge in [-0.25, -0.2) is 13.2 Å². The number of methoxy groups -OCH3 is 1. The van der Waals surface area contributed by atoms with Crippen molar-refractivity contribution in [3.63, 3.8) is 0 Å². The molecule has 186 valence electrons. The van der Waals surface area contributed by atoms with Crippen molar-refractivity contribution in [3.8, 4) is 16.9 Å². The molecule has 0 atom stereocenters. The van der Waals surface area contributed by atoms with E-state index in [-0.39, 0.29) is 17.5 Å². The molecule has 0 radical (unpaired) electrons. The van der Waals surface area contributed by atoms with E-state index in [4.69, 9.17) is 4.74 Å². The van der Waals surface area contributed by atoms with Gasteiger partial charge >= 0.3 is 0 Å². The Morgan fingerprint density at radius 3 is 2.58 bits per heavy atom. The molecule has 1 fully saturated rings. The van der Waals surface area contributed by atoms with Crippen LogP contribution in [0.3, 0.4) is 0 Å². The summed E-state index contributed by atoms with van der Waals surface area (Å²) in [6.07, 6.45) is 8.63. The molecule has 1 amide bonds. The molecule has 1 aliphatic rings. The van der Waals surface area contributed by atoms with Crippen molar-refractivity contribution < 1.29 is 22.7 Å². The summed E-state index contributed by atoms with van der Waals surface area (Å²) in [4.78, 5) is 20.2. The standard InChI is InChI=1S/C28H26F3N3O2/c1-36-27-12-25(31)24(30)11-21(27)22-14-32-15-23(22)28(35)34-13-16-2-4-17(5-3-16)19-8-9-33-26-7-6-18(29)10-20(19)26/h6-12,14-17,32H,2-5,13H2,1H3,(H,34,35). The van der Waals surface area contributed by atoms with Gasteiger partial charge in [-0.2, -0.15) is 0 Å². The van der Waals surface area contributed by atoms with Crippen molar-refractivity contribution >= 4 is 16.8 Å². The van der Waals surface area contributed by atoms with E-state index < -0.39 is 11.6 Å². The van der Waals surface area contributed by atoms with E-state index in [1.54, 1.807) is 24.5 Å². The van der Waals surface area contributed by atoms with Crippen LogP contribution in [-0.4, -0.2) is 29.5 Å². The second kappa shape index (κ2) is 10.0. The van der Waals surface area contributed by atoms with Crippen molar-refractivity contribution in [1.82, 2.24) is 15.3 Å². The molecule has 8 heteroatoms. The Morgan fingerprint density at radius 2 is 1.81 bits per heavy atom. The van der Waals surface area contributed by atoms with Crippen LogP contribution >= 0.6 is 0 Å². The number of nitrogens with zero attached hydrogens (tertiary/aromatic N) is 1. The number of carbonyl (C=O) groups excluding carboxylic acids is 1. The first-order valence-electron chi connectivity index (χ1n) is 12.0. The van der Waals surface area contributed by atoms with Gasteiger partial charge in [0.2, 0.25) is 0 Å². The lowest BCUT2D eigenvalue weighted by atomic mass is 9.78. The summed E-state index contributed by atoms with van der Waals surface area (Å²) in [5, 5.41) is 3.86. The lowest BCUT2D eigenvalue weighted by molar-refractivity contribution is 0.0943. The number of ether oxygens (including phenoxy) is 1. The molecule has 1 saturated carbocycles. The first-order chi connectivity index (χ1) is 17.4. The zero-order chi connectivity index (χ0) is 25.2. The fourth-order valence-electron chi connectivity index (χ4n) is 5.19. The number of halogens is 3. The van der Waals surface area contributed by atoms with Crippen LogP contribution in [0.2, 0.25) is 0 Å². The number of hydrogen-bond acceptors (Lipinski definition) is 3. The highest BCUT2D eigenvalue weighted by molar-refractivity contribution is 6.01. The van der Waals surface area contributed by atoms with Gasteiger partial charge in [0.25, 0.3) is 5.91 Å². The molecule has 2 aromatic carbocycles. The quantitative estimate of drug-likeness (QED) is 0.329. The monoisotopic (exact) mass is 493 g/mol. The molecule has 5 rings (SSSR count). The number of fused-ring (bicyclic) bond motifs is 1. The predicted molar refractivity (Wildman–Crippen MR) is 131 cm³/mol. The van der Waals surface area contributed by atoms with Crippen molar-refractivity contribution in [3.05, 3.63) is 83.6 Å². The summed E-state index contributed by atoms with van der Waals surface area (Å²) < 4.78 is 46.6. The first kappa shape index (κ1) is 23.9. The van der Waals surface area contributed by atoms with E-state index >= 15 is 0 Å². The molecular formula is C28H26F3N3O2. The topological polar surface area (TPSA) is 67.0 Å². The number of benzene rings is 2. The number of amides is 1. The van der Waals surface area contributed by atoms with Gasteiger partial charge in [-0.15, -0.1) is 0 Å². The molecule has 2 N–H and O–H groups in total. The van der Waals surface area contributed by atoms with Crippen LogP contribution in [0.15, 0.2) is 55.0 Å². The fraction of sp³-hybridized carbons (Fsp3) is 0.286. The molecule has 2 heterocycles. The first-order valence-corrected chi connectivity index (χ1v) is 12.0. The van der Waals surface area contributed by atoms with E-state index in [0.29, 0.717) is 35.1 Å². The molecule has 36 heavy (non-hydrogen) atoms. The van der Waals surface area contributed by atoms with Gasteiger partial charge in [0, 0.05) is 47.7 Å². The Labute approximate surface area is 206 Å². The van der Waals surface area contributed by atoms with Crippen LogP contribution in [0.5, 0.6) is 5.75 Å².